The zero-order valence-electron chi connectivity index (χ0n) is 48.4. The zero-order chi connectivity index (χ0) is 69.1. The van der Waals surface area contributed by atoms with E-state index in [4.69, 9.17) is 0 Å². The van der Waals surface area contributed by atoms with Crippen molar-refractivity contribution >= 4 is 84.4 Å². The molecule has 0 aromatic rings. The molecule has 14 N–H and O–H groups in total. The van der Waals surface area contributed by atoms with Crippen LogP contribution in [0.1, 0.15) is 0 Å². The molecule has 0 spiro atoms. The van der Waals surface area contributed by atoms with E-state index in [9.17, 15) is 71.5 Å². The van der Waals surface area contributed by atoms with E-state index >= 15 is 67.1 Å². The van der Waals surface area contributed by atoms with Crippen LogP contribution < -0.4 is 0 Å². The van der Waals surface area contributed by atoms with E-state index in [1.807, 2.05) is 0 Å². The average Bonchev–Trinajstić information content (AvgIpc) is 1.47. The fourth-order valence-corrected chi connectivity index (χ4v) is 19.3. The van der Waals surface area contributed by atoms with E-state index in [1.54, 1.807) is 0 Å². The summed E-state index contributed by atoms with van der Waals surface area (Å²) >= 11 is 0. The minimum Gasteiger partial charge on any atom is -0.348 e. The Morgan fingerprint density at radius 2 is 0.163 bits per heavy atom. The summed E-state index contributed by atoms with van der Waals surface area (Å²) in [6.07, 6.45) is 0. The van der Waals surface area contributed by atoms with Gasteiger partial charge in [-0.3, -0.25) is 137 Å². The van der Waals surface area contributed by atoms with Crippen molar-refractivity contribution in [2.24, 2.45) is 0 Å². The first-order chi connectivity index (χ1) is 45.7. The third kappa shape index (κ3) is 4.01. The molecule has 0 radical (unpaired) electrons. The first-order valence-corrected chi connectivity index (χ1v) is 29.1. The Labute approximate surface area is 534 Å². The van der Waals surface area contributed by atoms with Gasteiger partial charge in [-0.05, 0) is 0 Å². The van der Waals surface area contributed by atoms with Crippen LogP contribution in [0.25, 0.3) is 0 Å². The molecule has 56 nitrogen and oxygen atoms in total. The van der Waals surface area contributed by atoms with Gasteiger partial charge in [0.2, 0.25) is 0 Å². The summed E-state index contributed by atoms with van der Waals surface area (Å²) in [5.41, 5.74) is 0. The van der Waals surface area contributed by atoms with E-state index in [2.05, 4.69) is 0 Å². The third-order valence-electron chi connectivity index (χ3n) is 24.1. The Hall–Kier alpha value is -10.8. The van der Waals surface area contributed by atoms with Crippen LogP contribution in [-0.4, -0.2) is 468 Å². The lowest BCUT2D eigenvalue weighted by molar-refractivity contribution is -0.369. The van der Waals surface area contributed by atoms with Gasteiger partial charge in [-0.15, -0.1) is 0 Å². The molecule has 21 heterocycles. The molecular formula is C42H42N28O28. The molecule has 21 rings (SSSR count). The van der Waals surface area contributed by atoms with E-state index < -0.39 is 260 Å². The Morgan fingerprint density at radius 1 is 0.122 bits per heavy atom. The van der Waals surface area contributed by atoms with Crippen LogP contribution in [0.3, 0.4) is 0 Å². The monoisotopic (exact) mass is 1390 g/mol. The summed E-state index contributed by atoms with van der Waals surface area (Å²) < 4.78 is 0. The molecule has 98 heavy (non-hydrogen) atoms. The summed E-state index contributed by atoms with van der Waals surface area (Å²) in [6.45, 7) is -25.1. The van der Waals surface area contributed by atoms with E-state index in [1.165, 1.54) is 0 Å². The second-order valence-corrected chi connectivity index (χ2v) is 26.8. The maximum atomic E-state index is 15.6. The number of urea groups is 14. The average molecular weight is 1390 g/mol. The summed E-state index contributed by atoms with van der Waals surface area (Å²) in [4.78, 5) is 218. The van der Waals surface area contributed by atoms with Gasteiger partial charge in [-0.2, -0.15) is 0 Å². The molecule has 21 aliphatic heterocycles. The van der Waals surface area contributed by atoms with Crippen molar-refractivity contribution in [3.05, 3.63) is 0 Å². The molecule has 0 bridgehead atoms. The molecule has 0 atom stereocenters. The largest absolute Gasteiger partial charge is 0.348 e. The first-order valence-electron chi connectivity index (χ1n) is 29.1. The van der Waals surface area contributed by atoms with Crippen LogP contribution in [-0.2, 0) is 0 Å². The number of rotatable bonds is 0. The molecule has 0 aliphatic carbocycles. The number of nitrogens with zero attached hydrogens (tertiary/aromatic N) is 28. The number of hydrogen-bond donors (Lipinski definition) is 14. The van der Waals surface area contributed by atoms with Gasteiger partial charge in [0, 0.05) is 0 Å². The van der Waals surface area contributed by atoms with E-state index in [0.717, 1.165) is 0 Å². The lowest BCUT2D eigenvalue weighted by atomic mass is 10.1. The number of carbonyl (C=O) groups is 14. The standard InChI is InChI=1S/C42H42N28O28/c71-15-43-1-44-16(72)46-3-52-20(76)56-8-60-24(80)64-12-68-27(83)67-11-63-23(79)59-7-55-19(75)51-2-45(15)31(87)29(43,85)47-4-48-18(74)50(32(46,88)30(44,48)86)6-54-22(78)58(36(56,92)34(52,54)90)10-62-26(82)66(40(64,96)38(60,62)94)14-70-28(84)69(41(67,97)42(68,70)98)13-65-25(81)61(37(59,93)39(63,65)95)9-57-21(77)53(5-49(31)17(47)73)33(51,89)35(55,57)91/h85-98H,1-14H2. The third-order valence-corrected chi connectivity index (χ3v) is 24.1. The maximum Gasteiger partial charge on any atom is 0.330 e. The van der Waals surface area contributed by atoms with Crippen molar-refractivity contribution in [2.45, 2.75) is 81.9 Å². The molecule has 0 aromatic carbocycles. The Bertz CT molecular complexity index is 3170. The SMILES string of the molecule is O=C1N2CN3C(=O)N4CN5C(=O)N6CN7C(=O)N8CN9C(=O)N%10CN%11C(=O)N%12CN%13C(=O)N%14CN1C1(O)N%15CN%16C(=O)N(CN%17C(=O)N(CN%18C(=O)N(CN%19C(=O)N(CN%20C(=O)N(CN%21C(=O)N(CN(C%15=O)C21O)C3(O)C4%21O)C5(O)C6%20O)C7(O)C8%19O)C9(O)C%10%18O)C%11(O)C%12%17O)C%13(O)C%14%16O. The van der Waals surface area contributed by atoms with Crippen molar-refractivity contribution in [1.29, 1.82) is 0 Å². The van der Waals surface area contributed by atoms with Gasteiger partial charge in [0.1, 0.15) is 93.4 Å². The van der Waals surface area contributed by atoms with Gasteiger partial charge >= 0.3 is 166 Å². The predicted molar refractivity (Wildman–Crippen MR) is 264 cm³/mol. The molecule has 0 aromatic heterocycles. The minimum atomic E-state index is -3.86. The highest BCUT2D eigenvalue weighted by atomic mass is 16.5. The topological polar surface area (TPSA) is 613 Å². The van der Waals surface area contributed by atoms with Gasteiger partial charge in [-0.25, -0.2) is 67.1 Å². The molecule has 0 unspecified atom stereocenters. The summed E-state index contributed by atoms with van der Waals surface area (Å²) in [6, 6.07) is -26.3. The minimum absolute atomic E-state index is 0.0147. The highest BCUT2D eigenvalue weighted by molar-refractivity contribution is 5.98. The Kier molecular flexibility index (Phi) is 7.78. The smallest absolute Gasteiger partial charge is 0.330 e. The lowest BCUT2D eigenvalue weighted by Gasteiger charge is -2.50. The van der Waals surface area contributed by atoms with Crippen molar-refractivity contribution in [3.8, 4) is 0 Å². The van der Waals surface area contributed by atoms with Crippen molar-refractivity contribution in [2.75, 3.05) is 93.4 Å². The lowest BCUT2D eigenvalue weighted by Crippen LogP contribution is -2.78. The Balaban J connectivity index is 0.795. The predicted octanol–water partition coefficient (Wildman–Crippen LogP) is -16.1. The van der Waals surface area contributed by atoms with Gasteiger partial charge in [-0.1, -0.05) is 0 Å². The number of aliphatic hydroxyl groups is 14. The molecule has 0 saturated carbocycles. The maximum absolute atomic E-state index is 15.6. The molecule has 21 fully saturated rings. The first kappa shape index (κ1) is 55.4. The highest BCUT2D eigenvalue weighted by Crippen LogP contribution is 2.65. The Morgan fingerprint density at radius 3 is 0.204 bits per heavy atom. The quantitative estimate of drug-likeness (QED) is 0.107. The van der Waals surface area contributed by atoms with Crippen LogP contribution in [0.5, 0.6) is 0 Å². The fraction of sp³-hybridized carbons (Fsp3) is 0.667. The molecular weight excluding hydrogens is 1340 g/mol. The normalized spacial score (nSPS) is 47.0. The zero-order valence-corrected chi connectivity index (χ0v) is 48.4. The number of hydrogen-bond acceptors (Lipinski definition) is 28. The van der Waals surface area contributed by atoms with E-state index in [0.29, 0.717) is 0 Å². The molecule has 518 valence electrons. The molecule has 56 heteroatoms. The van der Waals surface area contributed by atoms with Crippen LogP contribution in [0.15, 0.2) is 0 Å². The summed E-state index contributed by atoms with van der Waals surface area (Å²) in [5, 5.41) is 187. The van der Waals surface area contributed by atoms with Crippen LogP contribution in [0.2, 0.25) is 0 Å². The van der Waals surface area contributed by atoms with Crippen molar-refractivity contribution in [3.63, 3.8) is 0 Å². The molecule has 21 aliphatic rings. The second-order valence-electron chi connectivity index (χ2n) is 26.8. The summed E-state index contributed by atoms with van der Waals surface area (Å²) in [7, 11) is 0. The van der Waals surface area contributed by atoms with Crippen LogP contribution in [0.4, 0.5) is 67.1 Å². The van der Waals surface area contributed by atoms with E-state index in [-0.39, 0.29) is 137 Å². The van der Waals surface area contributed by atoms with Crippen molar-refractivity contribution in [1.82, 2.24) is 137 Å². The second kappa shape index (κ2) is 13.8. The van der Waals surface area contributed by atoms with Crippen LogP contribution >= 0.6 is 0 Å². The van der Waals surface area contributed by atoms with Gasteiger partial charge in [0.15, 0.2) is 0 Å². The van der Waals surface area contributed by atoms with Gasteiger partial charge in [0.05, 0.1) is 0 Å². The van der Waals surface area contributed by atoms with Gasteiger partial charge < -0.3 is 71.5 Å². The summed E-state index contributed by atoms with van der Waals surface area (Å²) in [5.74, 6) is -54.1. The van der Waals surface area contributed by atoms with Crippen LogP contribution in [0, 0.1) is 0 Å². The molecule has 21 saturated heterocycles. The van der Waals surface area contributed by atoms with Gasteiger partial charge in [0.25, 0.3) is 0 Å². The van der Waals surface area contributed by atoms with Crippen molar-refractivity contribution < 1.29 is 139 Å². The highest BCUT2D eigenvalue weighted by Gasteiger charge is 2.96. The molecule has 28 amide bonds. The number of amides is 28. The fourth-order valence-electron chi connectivity index (χ4n) is 19.3. The number of carbonyl (C=O) groups excluding carboxylic acids is 14.